The van der Waals surface area contributed by atoms with Crippen molar-refractivity contribution in [2.75, 3.05) is 12.3 Å². The zero-order valence-corrected chi connectivity index (χ0v) is 20.0. The van der Waals surface area contributed by atoms with Gasteiger partial charge in [0.1, 0.15) is 24.2 Å². The number of hydrogen-bond donors (Lipinski definition) is 9. The molecular weight excluding hydrogens is 454 g/mol. The summed E-state index contributed by atoms with van der Waals surface area (Å²) >= 11 is 3.91. The minimum Gasteiger partial charge on any atom is -0.480 e. The van der Waals surface area contributed by atoms with E-state index in [1.807, 2.05) is 6.92 Å². The Morgan fingerprint density at radius 3 is 2.03 bits per heavy atom. The number of carbonyl (C=O) groups is 4. The van der Waals surface area contributed by atoms with Gasteiger partial charge >= 0.3 is 5.97 Å². The van der Waals surface area contributed by atoms with E-state index in [9.17, 15) is 29.4 Å². The van der Waals surface area contributed by atoms with Gasteiger partial charge in [0.15, 0.2) is 5.96 Å². The van der Waals surface area contributed by atoms with Crippen LogP contribution >= 0.6 is 12.6 Å². The lowest BCUT2D eigenvalue weighted by Crippen LogP contribution is -2.59. The molecule has 190 valence electrons. The van der Waals surface area contributed by atoms with Crippen LogP contribution < -0.4 is 33.2 Å². The molecule has 6 atom stereocenters. The number of thiol groups is 1. The summed E-state index contributed by atoms with van der Waals surface area (Å²) in [6.45, 7) is 5.08. The highest BCUT2D eigenvalue weighted by atomic mass is 32.1. The Morgan fingerprint density at radius 1 is 1.00 bits per heavy atom. The van der Waals surface area contributed by atoms with Crippen LogP contribution in [0.25, 0.3) is 0 Å². The Hall–Kier alpha value is -2.58. The fourth-order valence-corrected chi connectivity index (χ4v) is 2.91. The third-order valence-electron chi connectivity index (χ3n) is 4.99. The maximum Gasteiger partial charge on any atom is 0.327 e. The minimum absolute atomic E-state index is 0.0988. The molecular formula is C19H37N7O6S. The molecule has 0 heterocycles. The average molecular weight is 492 g/mol. The molecule has 6 unspecified atom stereocenters. The van der Waals surface area contributed by atoms with Crippen molar-refractivity contribution in [2.24, 2.45) is 28.1 Å². The van der Waals surface area contributed by atoms with Crippen molar-refractivity contribution < 1.29 is 29.4 Å². The van der Waals surface area contributed by atoms with Gasteiger partial charge in [0, 0.05) is 12.3 Å². The van der Waals surface area contributed by atoms with Crippen molar-refractivity contribution in [1.82, 2.24) is 16.0 Å². The van der Waals surface area contributed by atoms with Crippen LogP contribution in [0.2, 0.25) is 0 Å². The van der Waals surface area contributed by atoms with Gasteiger partial charge in [-0.05, 0) is 25.7 Å². The van der Waals surface area contributed by atoms with Crippen LogP contribution in [0.1, 0.15) is 40.0 Å². The molecule has 0 saturated carbocycles. The van der Waals surface area contributed by atoms with Crippen molar-refractivity contribution in [1.29, 1.82) is 0 Å². The second kappa shape index (κ2) is 15.3. The number of hydrogen-bond acceptors (Lipinski definition) is 8. The van der Waals surface area contributed by atoms with Crippen LogP contribution in [0.15, 0.2) is 4.99 Å². The maximum absolute atomic E-state index is 13.0. The fraction of sp³-hybridized carbons (Fsp3) is 0.737. The monoisotopic (exact) mass is 491 g/mol. The summed E-state index contributed by atoms with van der Waals surface area (Å²) in [6.07, 6.45) is -0.206. The zero-order valence-electron chi connectivity index (χ0n) is 19.2. The molecule has 3 amide bonds. The number of aliphatic carboxylic acids is 1. The van der Waals surface area contributed by atoms with E-state index in [1.165, 1.54) is 6.92 Å². The number of aliphatic hydroxyl groups is 1. The molecule has 11 N–H and O–H groups in total. The molecule has 0 rings (SSSR count). The fourth-order valence-electron chi connectivity index (χ4n) is 2.66. The van der Waals surface area contributed by atoms with Crippen LogP contribution in [0.5, 0.6) is 0 Å². The van der Waals surface area contributed by atoms with E-state index in [2.05, 4.69) is 33.6 Å². The number of rotatable bonds is 15. The number of guanidine groups is 1. The number of nitrogens with one attached hydrogen (secondary N) is 3. The minimum atomic E-state index is -1.28. The number of carboxylic acids is 1. The predicted molar refractivity (Wildman–Crippen MR) is 126 cm³/mol. The number of nitrogens with zero attached hydrogens (tertiary/aromatic N) is 1. The Labute approximate surface area is 198 Å². The van der Waals surface area contributed by atoms with E-state index in [4.69, 9.17) is 17.2 Å². The Morgan fingerprint density at radius 2 is 1.58 bits per heavy atom. The molecule has 0 aromatic heterocycles. The van der Waals surface area contributed by atoms with Crippen LogP contribution in [-0.2, 0) is 19.2 Å². The lowest BCUT2D eigenvalue weighted by atomic mass is 9.97. The summed E-state index contributed by atoms with van der Waals surface area (Å²) in [4.78, 5) is 53.1. The molecule has 33 heavy (non-hydrogen) atoms. The van der Waals surface area contributed by atoms with Crippen molar-refractivity contribution >= 4 is 42.3 Å². The number of carbonyl (C=O) groups excluding carboxylic acids is 3. The van der Waals surface area contributed by atoms with Gasteiger partial charge < -0.3 is 43.4 Å². The molecule has 0 spiro atoms. The summed E-state index contributed by atoms with van der Waals surface area (Å²) in [6, 6.07) is -4.66. The number of carboxylic acid groups (broad SMARTS) is 1. The highest BCUT2D eigenvalue weighted by Crippen LogP contribution is 2.10. The van der Waals surface area contributed by atoms with Crippen LogP contribution in [0, 0.1) is 5.92 Å². The Kier molecular flexibility index (Phi) is 14.1. The Balaban J connectivity index is 5.58. The number of nitrogens with two attached hydrogens (primary N) is 3. The third kappa shape index (κ3) is 11.2. The number of aliphatic imine (C=N–C) groups is 1. The van der Waals surface area contributed by atoms with Gasteiger partial charge in [-0.25, -0.2) is 4.79 Å². The third-order valence-corrected chi connectivity index (χ3v) is 5.36. The van der Waals surface area contributed by atoms with Crippen LogP contribution in [0.3, 0.4) is 0 Å². The van der Waals surface area contributed by atoms with Gasteiger partial charge in [-0.3, -0.25) is 19.4 Å². The molecule has 0 aromatic carbocycles. The van der Waals surface area contributed by atoms with Gasteiger partial charge in [-0.1, -0.05) is 20.3 Å². The van der Waals surface area contributed by atoms with Crippen molar-refractivity contribution in [2.45, 2.75) is 70.3 Å². The lowest BCUT2D eigenvalue weighted by Gasteiger charge is -2.28. The van der Waals surface area contributed by atoms with E-state index < -0.39 is 54.0 Å². The molecule has 0 bridgehead atoms. The highest BCUT2D eigenvalue weighted by Gasteiger charge is 2.32. The summed E-state index contributed by atoms with van der Waals surface area (Å²) in [5, 5.41) is 26.1. The topological polar surface area (TPSA) is 235 Å². The molecule has 0 aromatic rings. The SMILES string of the molecule is CCC(C)C(NC(=O)C(N)C(C)O)C(=O)NC(CCCN=C(N)N)C(=O)NC(CS)C(=O)O. The van der Waals surface area contributed by atoms with E-state index >= 15 is 0 Å². The van der Waals surface area contributed by atoms with E-state index in [0.717, 1.165) is 0 Å². The first-order chi connectivity index (χ1) is 15.3. The quantitative estimate of drug-likeness (QED) is 0.0499. The van der Waals surface area contributed by atoms with E-state index in [0.29, 0.717) is 12.8 Å². The largest absolute Gasteiger partial charge is 0.480 e. The zero-order chi connectivity index (χ0) is 25.7. The molecule has 0 fully saturated rings. The van der Waals surface area contributed by atoms with Gasteiger partial charge in [-0.2, -0.15) is 12.6 Å². The standard InChI is InChI=1S/C19H37N7O6S/c1-4-9(2)14(26-16(29)13(20)10(3)27)17(30)24-11(6-5-7-23-19(21)22)15(28)25-12(8-33)18(31)32/h9-14,27,33H,4-8,20H2,1-3H3,(H,24,30)(H,25,28)(H,26,29)(H,31,32)(H4,21,22,23). The first-order valence-corrected chi connectivity index (χ1v) is 11.2. The van der Waals surface area contributed by atoms with Gasteiger partial charge in [-0.15, -0.1) is 0 Å². The van der Waals surface area contributed by atoms with E-state index in [1.54, 1.807) is 6.92 Å². The highest BCUT2D eigenvalue weighted by molar-refractivity contribution is 7.80. The predicted octanol–water partition coefficient (Wildman–Crippen LogP) is -2.74. The summed E-state index contributed by atoms with van der Waals surface area (Å²) in [5.74, 6) is -4.00. The van der Waals surface area contributed by atoms with Gasteiger partial charge in [0.05, 0.1) is 6.10 Å². The molecule has 0 aliphatic carbocycles. The van der Waals surface area contributed by atoms with Gasteiger partial charge in [0.25, 0.3) is 0 Å². The van der Waals surface area contributed by atoms with E-state index in [-0.39, 0.29) is 30.6 Å². The summed E-state index contributed by atoms with van der Waals surface area (Å²) < 4.78 is 0. The van der Waals surface area contributed by atoms with Crippen molar-refractivity contribution in [3.8, 4) is 0 Å². The molecule has 14 heteroatoms. The lowest BCUT2D eigenvalue weighted by molar-refractivity contribution is -0.141. The summed E-state index contributed by atoms with van der Waals surface area (Å²) in [7, 11) is 0. The molecule has 0 aliphatic rings. The second-order valence-corrected chi connectivity index (χ2v) is 8.10. The van der Waals surface area contributed by atoms with Crippen LogP contribution in [-0.4, -0.2) is 82.4 Å². The van der Waals surface area contributed by atoms with Crippen molar-refractivity contribution in [3.05, 3.63) is 0 Å². The van der Waals surface area contributed by atoms with Crippen LogP contribution in [0.4, 0.5) is 0 Å². The average Bonchev–Trinajstić information content (AvgIpc) is 2.75. The second-order valence-electron chi connectivity index (χ2n) is 7.73. The number of amides is 3. The number of aliphatic hydroxyl groups excluding tert-OH is 1. The van der Waals surface area contributed by atoms with Crippen molar-refractivity contribution in [3.63, 3.8) is 0 Å². The first-order valence-electron chi connectivity index (χ1n) is 10.6. The Bertz CT molecular complexity index is 702. The first kappa shape index (κ1) is 30.4. The summed E-state index contributed by atoms with van der Waals surface area (Å²) in [5.41, 5.74) is 16.2. The van der Waals surface area contributed by atoms with Gasteiger partial charge in [0.2, 0.25) is 17.7 Å². The maximum atomic E-state index is 13.0. The molecule has 0 saturated heterocycles. The smallest absolute Gasteiger partial charge is 0.327 e. The molecule has 13 nitrogen and oxygen atoms in total. The molecule has 0 radical (unpaired) electrons. The normalized spacial score (nSPS) is 16.3. The molecule has 0 aliphatic heterocycles.